The van der Waals surface area contributed by atoms with Crippen molar-refractivity contribution in [3.63, 3.8) is 0 Å². The molecule has 0 saturated heterocycles. The average Bonchev–Trinajstić information content (AvgIpc) is 2.59. The fraction of sp³-hybridized carbons (Fsp3) is 0.353. The number of rotatable bonds is 3. The molecule has 1 aromatic carbocycles. The van der Waals surface area contributed by atoms with Gasteiger partial charge in [-0.1, -0.05) is 6.07 Å². The molecule has 0 fully saturated rings. The molecule has 0 bridgehead atoms. The topological polar surface area (TPSA) is 93.5 Å². The van der Waals surface area contributed by atoms with Gasteiger partial charge in [0.15, 0.2) is 5.69 Å². The van der Waals surface area contributed by atoms with Crippen LogP contribution in [0.5, 0.6) is 5.75 Å². The highest BCUT2D eigenvalue weighted by molar-refractivity contribution is 9.10. The molecular formula is C17H17BrFN3O4. The summed E-state index contributed by atoms with van der Waals surface area (Å²) in [5.74, 6) is -1.54. The average molecular weight is 426 g/mol. The van der Waals surface area contributed by atoms with Gasteiger partial charge < -0.3 is 15.2 Å². The van der Waals surface area contributed by atoms with Crippen LogP contribution in [0.15, 0.2) is 27.5 Å². The molecule has 2 N–H and O–H groups in total. The third-order valence-electron chi connectivity index (χ3n) is 4.11. The second kappa shape index (κ2) is 6.81. The number of benzene rings is 1. The summed E-state index contributed by atoms with van der Waals surface area (Å²) in [6.45, 7) is 4.12. The summed E-state index contributed by atoms with van der Waals surface area (Å²) in [7, 11) is 0. The number of amides is 1. The van der Waals surface area contributed by atoms with E-state index in [2.05, 4.69) is 26.2 Å². The zero-order valence-electron chi connectivity index (χ0n) is 14.2. The lowest BCUT2D eigenvalue weighted by Gasteiger charge is -2.32. The number of ether oxygens (including phenoxy) is 1. The first-order chi connectivity index (χ1) is 12.2. The van der Waals surface area contributed by atoms with E-state index >= 15 is 0 Å². The monoisotopic (exact) mass is 425 g/mol. The van der Waals surface area contributed by atoms with E-state index in [1.54, 1.807) is 13.8 Å². The van der Waals surface area contributed by atoms with Crippen molar-refractivity contribution in [1.82, 2.24) is 14.9 Å². The van der Waals surface area contributed by atoms with Crippen molar-refractivity contribution < 1.29 is 19.0 Å². The van der Waals surface area contributed by atoms with Gasteiger partial charge in [0.2, 0.25) is 5.75 Å². The fourth-order valence-corrected chi connectivity index (χ4v) is 3.17. The summed E-state index contributed by atoms with van der Waals surface area (Å²) < 4.78 is 20.5. The molecule has 0 radical (unpaired) electrons. The van der Waals surface area contributed by atoms with Gasteiger partial charge in [-0.2, -0.15) is 0 Å². The quantitative estimate of drug-likeness (QED) is 0.784. The number of fused-ring (bicyclic) bond motifs is 1. The van der Waals surface area contributed by atoms with Crippen molar-refractivity contribution in [2.24, 2.45) is 0 Å². The van der Waals surface area contributed by atoms with E-state index < -0.39 is 28.6 Å². The second-order valence-corrected chi connectivity index (χ2v) is 7.23. The zero-order valence-corrected chi connectivity index (χ0v) is 15.8. The number of carbonyl (C=O) groups is 1. The highest BCUT2D eigenvalue weighted by Gasteiger charge is 2.34. The number of hydrogen-bond donors (Lipinski definition) is 2. The number of nitrogens with zero attached hydrogens (tertiary/aromatic N) is 2. The first-order valence-electron chi connectivity index (χ1n) is 7.91. The van der Waals surface area contributed by atoms with Gasteiger partial charge in [-0.05, 0) is 47.5 Å². The van der Waals surface area contributed by atoms with E-state index in [4.69, 9.17) is 4.74 Å². The van der Waals surface area contributed by atoms with Crippen LogP contribution >= 0.6 is 15.9 Å². The summed E-state index contributed by atoms with van der Waals surface area (Å²) in [5, 5.41) is 12.7. The maximum atomic E-state index is 13.3. The molecule has 1 aliphatic rings. The van der Waals surface area contributed by atoms with Crippen molar-refractivity contribution in [1.29, 1.82) is 0 Å². The van der Waals surface area contributed by atoms with Crippen LogP contribution in [0.2, 0.25) is 0 Å². The smallest absolute Gasteiger partial charge is 0.296 e. The number of halogens is 2. The number of carbonyl (C=O) groups excluding carboxylic acids is 1. The molecule has 0 atom stereocenters. The van der Waals surface area contributed by atoms with Crippen LogP contribution in [-0.4, -0.2) is 27.2 Å². The van der Waals surface area contributed by atoms with E-state index in [1.165, 1.54) is 22.8 Å². The third kappa shape index (κ3) is 3.36. The minimum atomic E-state index is -0.859. The first-order valence-corrected chi connectivity index (χ1v) is 8.70. The van der Waals surface area contributed by atoms with Gasteiger partial charge >= 0.3 is 0 Å². The molecule has 2 aromatic rings. The van der Waals surface area contributed by atoms with Crippen LogP contribution in [-0.2, 0) is 23.4 Å². The van der Waals surface area contributed by atoms with Gasteiger partial charge in [0, 0.05) is 6.54 Å². The van der Waals surface area contributed by atoms with E-state index in [0.717, 1.165) is 0 Å². The van der Waals surface area contributed by atoms with E-state index in [-0.39, 0.29) is 29.1 Å². The van der Waals surface area contributed by atoms with Gasteiger partial charge in [0.25, 0.3) is 11.5 Å². The van der Waals surface area contributed by atoms with Crippen molar-refractivity contribution in [3.8, 4) is 5.75 Å². The Bertz CT molecular complexity index is 942. The molecule has 26 heavy (non-hydrogen) atoms. The largest absolute Gasteiger partial charge is 0.501 e. The Morgan fingerprint density at radius 1 is 1.50 bits per heavy atom. The van der Waals surface area contributed by atoms with Gasteiger partial charge in [0.1, 0.15) is 17.2 Å². The van der Waals surface area contributed by atoms with Crippen LogP contribution in [0.4, 0.5) is 4.39 Å². The molecular weight excluding hydrogens is 409 g/mol. The van der Waals surface area contributed by atoms with Crippen LogP contribution < -0.4 is 10.9 Å². The molecule has 0 unspecified atom stereocenters. The van der Waals surface area contributed by atoms with E-state index in [9.17, 15) is 19.1 Å². The van der Waals surface area contributed by atoms with E-state index in [0.29, 0.717) is 12.2 Å². The molecule has 9 heteroatoms. The molecule has 0 spiro atoms. The maximum absolute atomic E-state index is 13.3. The van der Waals surface area contributed by atoms with Gasteiger partial charge in [-0.15, -0.1) is 0 Å². The van der Waals surface area contributed by atoms with Crippen molar-refractivity contribution in [2.45, 2.75) is 32.5 Å². The molecule has 0 aliphatic carbocycles. The fourth-order valence-electron chi connectivity index (χ4n) is 2.74. The Morgan fingerprint density at radius 2 is 2.23 bits per heavy atom. The summed E-state index contributed by atoms with van der Waals surface area (Å²) in [5.41, 5.74) is -1.26. The molecule has 2 heterocycles. The molecule has 1 amide bonds. The number of hydrogen-bond acceptors (Lipinski definition) is 5. The highest BCUT2D eigenvalue weighted by Crippen LogP contribution is 2.27. The highest BCUT2D eigenvalue weighted by atomic mass is 79.9. The van der Waals surface area contributed by atoms with Crippen molar-refractivity contribution in [2.75, 3.05) is 6.61 Å². The zero-order chi connectivity index (χ0) is 19.1. The Balaban J connectivity index is 1.89. The Kier molecular flexibility index (Phi) is 4.85. The normalized spacial score (nSPS) is 15.4. The van der Waals surface area contributed by atoms with E-state index in [1.807, 2.05) is 0 Å². The molecule has 7 nitrogen and oxygen atoms in total. The number of nitrogens with one attached hydrogen (secondary N) is 1. The maximum Gasteiger partial charge on any atom is 0.296 e. The van der Waals surface area contributed by atoms with Crippen LogP contribution in [0.1, 0.15) is 35.7 Å². The molecule has 1 aliphatic heterocycles. The first kappa shape index (κ1) is 18.5. The predicted molar refractivity (Wildman–Crippen MR) is 94.4 cm³/mol. The van der Waals surface area contributed by atoms with Gasteiger partial charge in [-0.25, -0.2) is 9.37 Å². The van der Waals surface area contributed by atoms with Crippen LogP contribution in [0.3, 0.4) is 0 Å². The summed E-state index contributed by atoms with van der Waals surface area (Å²) in [6.07, 6.45) is 0. The standard InChI is InChI=1S/C17H17BrFN3O4/c1-17(2)16-21-12(13(23)15(25)22(16)5-6-26-17)14(24)20-8-9-3-4-11(19)10(18)7-9/h3-4,7,23H,5-6,8H2,1-2H3,(H,20,24). The van der Waals surface area contributed by atoms with Crippen LogP contribution in [0, 0.1) is 5.82 Å². The van der Waals surface area contributed by atoms with Crippen molar-refractivity contribution in [3.05, 3.63) is 55.9 Å². The summed E-state index contributed by atoms with van der Waals surface area (Å²) in [4.78, 5) is 29.0. The number of aromatic nitrogens is 2. The third-order valence-corrected chi connectivity index (χ3v) is 4.72. The minimum Gasteiger partial charge on any atom is -0.501 e. The summed E-state index contributed by atoms with van der Waals surface area (Å²) in [6, 6.07) is 4.32. The van der Waals surface area contributed by atoms with Crippen molar-refractivity contribution >= 4 is 21.8 Å². The molecule has 138 valence electrons. The Labute approximate surface area is 157 Å². The lowest BCUT2D eigenvalue weighted by molar-refractivity contribution is -0.0566. The molecule has 0 saturated carbocycles. The predicted octanol–water partition coefficient (Wildman–Crippen LogP) is 2.05. The van der Waals surface area contributed by atoms with Crippen LogP contribution in [0.25, 0.3) is 0 Å². The van der Waals surface area contributed by atoms with Gasteiger partial charge in [-0.3, -0.25) is 14.2 Å². The summed E-state index contributed by atoms with van der Waals surface area (Å²) >= 11 is 3.07. The molecule has 3 rings (SSSR count). The Hall–Kier alpha value is -2.26. The molecule has 1 aromatic heterocycles. The minimum absolute atomic E-state index is 0.0805. The number of aromatic hydroxyl groups is 1. The second-order valence-electron chi connectivity index (χ2n) is 6.38. The lowest BCUT2D eigenvalue weighted by Crippen LogP contribution is -2.42. The lowest BCUT2D eigenvalue weighted by atomic mass is 10.1. The van der Waals surface area contributed by atoms with Gasteiger partial charge in [0.05, 0.1) is 17.6 Å². The SMILES string of the molecule is CC1(C)OCCn2c1nc(C(=O)NCc1ccc(F)c(Br)c1)c(O)c2=O. The Morgan fingerprint density at radius 3 is 2.92 bits per heavy atom.